The molecule has 3 aromatic carbocycles. The Bertz CT molecular complexity index is 1750. The summed E-state index contributed by atoms with van der Waals surface area (Å²) >= 11 is 0. The van der Waals surface area contributed by atoms with E-state index in [2.05, 4.69) is 61.7 Å². The largest absolute Gasteiger partial charge is 0.455 e. The molecule has 0 unspecified atom stereocenters. The van der Waals surface area contributed by atoms with E-state index in [9.17, 15) is 0 Å². The molecule has 174 valence electrons. The van der Waals surface area contributed by atoms with Gasteiger partial charge in [0.05, 0.1) is 22.3 Å². The van der Waals surface area contributed by atoms with Gasteiger partial charge in [0.15, 0.2) is 0 Å². The smallest absolute Gasteiger partial charge is 0.149 e. The maximum absolute atomic E-state index is 8.45. The lowest BCUT2D eigenvalue weighted by Crippen LogP contribution is -2.15. The minimum atomic E-state index is -0.701. The van der Waals surface area contributed by atoms with E-state index in [1.165, 1.54) is 0 Å². The van der Waals surface area contributed by atoms with Crippen molar-refractivity contribution >= 4 is 33.0 Å². The Labute approximate surface area is 206 Å². The van der Waals surface area contributed by atoms with Crippen molar-refractivity contribution < 1.29 is 5.79 Å². The summed E-state index contributed by atoms with van der Waals surface area (Å²) in [6.07, 6.45) is 1.85. The Morgan fingerprint density at radius 1 is 0.914 bits per heavy atom. The number of hydrogen-bond acceptors (Lipinski definition) is 3. The van der Waals surface area contributed by atoms with Crippen molar-refractivity contribution in [2.45, 2.75) is 45.9 Å². The molecule has 4 heteroatoms. The number of para-hydroxylation sites is 2. The number of furan rings is 1. The van der Waals surface area contributed by atoms with Crippen molar-refractivity contribution in [1.29, 1.82) is 0 Å². The number of fused-ring (bicyclic) bond motifs is 4. The van der Waals surface area contributed by atoms with E-state index in [1.807, 2.05) is 56.4 Å². The summed E-state index contributed by atoms with van der Waals surface area (Å²) in [6, 6.07) is 24.6. The first-order chi connectivity index (χ1) is 17.1. The molecule has 3 heterocycles. The first-order valence-electron chi connectivity index (χ1n) is 12.5. The van der Waals surface area contributed by atoms with Crippen LogP contribution in [0.4, 0.5) is 0 Å². The third-order valence-corrected chi connectivity index (χ3v) is 6.61. The first kappa shape index (κ1) is 20.5. The van der Waals surface area contributed by atoms with E-state index in [0.717, 1.165) is 61.3 Å². The van der Waals surface area contributed by atoms with E-state index >= 15 is 0 Å². The minimum Gasteiger partial charge on any atom is -0.455 e. The molecule has 0 saturated heterocycles. The maximum atomic E-state index is 8.45. The van der Waals surface area contributed by atoms with Gasteiger partial charge in [0.1, 0.15) is 17.0 Å². The molecule has 3 aromatic heterocycles. The Hall–Kier alpha value is -3.92. The molecule has 4 nitrogen and oxygen atoms in total. The molecule has 0 aliphatic rings. The monoisotopic (exact) mass is 460 g/mol. The van der Waals surface area contributed by atoms with Crippen molar-refractivity contribution in [3.05, 3.63) is 90.3 Å². The summed E-state index contributed by atoms with van der Waals surface area (Å²) < 4.78 is 17.2. The molecule has 0 radical (unpaired) electrons. The van der Waals surface area contributed by atoms with Crippen LogP contribution in [-0.2, 0) is 5.41 Å². The lowest BCUT2D eigenvalue weighted by atomic mass is 9.90. The number of benzene rings is 3. The van der Waals surface area contributed by atoms with Gasteiger partial charge < -0.3 is 4.42 Å². The standard InChI is InChI=1S/C31H29N3O/c1-19(2)20-14-15-22-23-12-9-13-24(28(23)35-26(22)18-20)30-33-25-16-17-32-29(31(3,4)5)27(25)34(30)21-10-7-6-8-11-21/h6-19H,1-5H3/i19D. The highest BCUT2D eigenvalue weighted by molar-refractivity contribution is 6.09. The van der Waals surface area contributed by atoms with E-state index in [0.29, 0.717) is 0 Å². The van der Waals surface area contributed by atoms with Crippen molar-refractivity contribution in [1.82, 2.24) is 14.5 Å². The topological polar surface area (TPSA) is 43.9 Å². The number of nitrogens with zero attached hydrogens (tertiary/aromatic N) is 3. The molecule has 6 aromatic rings. The van der Waals surface area contributed by atoms with Gasteiger partial charge >= 0.3 is 0 Å². The number of imidazole rings is 1. The van der Waals surface area contributed by atoms with E-state index in [4.69, 9.17) is 15.8 Å². The quantitative estimate of drug-likeness (QED) is 0.266. The lowest BCUT2D eigenvalue weighted by Gasteiger charge is -2.20. The fraction of sp³-hybridized carbons (Fsp3) is 0.226. The summed E-state index contributed by atoms with van der Waals surface area (Å²) in [6.45, 7) is 10.3. The van der Waals surface area contributed by atoms with Gasteiger partial charge in [0.25, 0.3) is 0 Å². The molecular weight excluding hydrogens is 430 g/mol. The SMILES string of the molecule is [2H]C(C)(C)c1ccc2c(c1)oc1c(-c3nc4ccnc(C(C)(C)C)c4n3-c3ccccc3)cccc12. The number of aromatic nitrogens is 3. The van der Waals surface area contributed by atoms with E-state index in [-0.39, 0.29) is 5.41 Å². The highest BCUT2D eigenvalue weighted by Gasteiger charge is 2.26. The molecule has 0 atom stereocenters. The van der Waals surface area contributed by atoms with Gasteiger partial charge in [-0.25, -0.2) is 4.98 Å². The van der Waals surface area contributed by atoms with Crippen LogP contribution in [0, 0.1) is 0 Å². The van der Waals surface area contributed by atoms with Gasteiger partial charge in [-0.3, -0.25) is 9.55 Å². The molecule has 0 amide bonds. The van der Waals surface area contributed by atoms with Gasteiger partial charge in [-0.05, 0) is 41.8 Å². The number of rotatable bonds is 3. The first-order valence-corrected chi connectivity index (χ1v) is 12.0. The molecule has 0 aliphatic carbocycles. The zero-order valence-corrected chi connectivity index (χ0v) is 20.8. The third kappa shape index (κ3) is 3.44. The zero-order chi connectivity index (χ0) is 25.2. The van der Waals surface area contributed by atoms with E-state index < -0.39 is 5.89 Å². The van der Waals surface area contributed by atoms with Crippen LogP contribution in [0.15, 0.2) is 83.4 Å². The Kier molecular flexibility index (Phi) is 4.56. The van der Waals surface area contributed by atoms with Crippen LogP contribution >= 0.6 is 0 Å². The van der Waals surface area contributed by atoms with Gasteiger partial charge in [-0.1, -0.05) is 77.1 Å². The fourth-order valence-electron chi connectivity index (χ4n) is 4.87. The molecule has 0 fully saturated rings. The summed E-state index contributed by atoms with van der Waals surface area (Å²) in [7, 11) is 0. The van der Waals surface area contributed by atoms with Crippen molar-refractivity contribution in [2.75, 3.05) is 0 Å². The van der Waals surface area contributed by atoms with Gasteiger partial charge in [-0.15, -0.1) is 0 Å². The average Bonchev–Trinajstić information content (AvgIpc) is 3.41. The van der Waals surface area contributed by atoms with Crippen molar-refractivity contribution in [3.63, 3.8) is 0 Å². The minimum absolute atomic E-state index is 0.159. The summed E-state index contributed by atoms with van der Waals surface area (Å²) in [5.41, 5.74) is 7.22. The summed E-state index contributed by atoms with van der Waals surface area (Å²) in [5, 5.41) is 2.08. The molecule has 0 bridgehead atoms. The second-order valence-electron chi connectivity index (χ2n) is 10.4. The van der Waals surface area contributed by atoms with Crippen LogP contribution < -0.4 is 0 Å². The van der Waals surface area contributed by atoms with Crippen LogP contribution in [0.2, 0.25) is 0 Å². The van der Waals surface area contributed by atoms with Crippen LogP contribution in [0.5, 0.6) is 0 Å². The average molecular weight is 461 g/mol. The van der Waals surface area contributed by atoms with Crippen molar-refractivity contribution in [3.8, 4) is 17.1 Å². The predicted molar refractivity (Wildman–Crippen MR) is 144 cm³/mol. The summed E-state index contributed by atoms with van der Waals surface area (Å²) in [5.74, 6) is 0.119. The van der Waals surface area contributed by atoms with Crippen LogP contribution in [0.25, 0.3) is 50.0 Å². The van der Waals surface area contributed by atoms with Crippen LogP contribution in [0.1, 0.15) is 53.1 Å². The van der Waals surface area contributed by atoms with Gasteiger partial charge in [0, 0.05) is 29.4 Å². The van der Waals surface area contributed by atoms with E-state index in [1.54, 1.807) is 0 Å². The second kappa shape index (κ2) is 7.81. The molecule has 6 rings (SSSR count). The van der Waals surface area contributed by atoms with Gasteiger partial charge in [0.2, 0.25) is 0 Å². The molecule has 0 saturated carbocycles. The number of hydrogen-bond donors (Lipinski definition) is 0. The highest BCUT2D eigenvalue weighted by atomic mass is 16.3. The van der Waals surface area contributed by atoms with Gasteiger partial charge in [-0.2, -0.15) is 0 Å². The molecular formula is C31H29N3O. The second-order valence-corrected chi connectivity index (χ2v) is 10.4. The molecule has 35 heavy (non-hydrogen) atoms. The Morgan fingerprint density at radius 3 is 2.46 bits per heavy atom. The maximum Gasteiger partial charge on any atom is 0.149 e. The predicted octanol–water partition coefficient (Wildman–Crippen LogP) is 8.41. The fourth-order valence-corrected chi connectivity index (χ4v) is 4.87. The zero-order valence-electron chi connectivity index (χ0n) is 21.8. The molecule has 0 aliphatic heterocycles. The Balaban J connectivity index is 1.71. The number of pyridine rings is 1. The van der Waals surface area contributed by atoms with Crippen LogP contribution in [0.3, 0.4) is 0 Å². The normalized spacial score (nSPS) is 13.1. The third-order valence-electron chi connectivity index (χ3n) is 6.61. The summed E-state index contributed by atoms with van der Waals surface area (Å²) in [4.78, 5) is 9.94. The Morgan fingerprint density at radius 2 is 1.71 bits per heavy atom. The molecule has 0 spiro atoms. The highest BCUT2D eigenvalue weighted by Crippen LogP contribution is 2.40. The van der Waals surface area contributed by atoms with Crippen LogP contribution in [-0.4, -0.2) is 14.5 Å². The molecule has 0 N–H and O–H groups in total. The lowest BCUT2D eigenvalue weighted by molar-refractivity contribution is 0.573. The van der Waals surface area contributed by atoms with Crippen molar-refractivity contribution in [2.24, 2.45) is 0 Å².